The van der Waals surface area contributed by atoms with Gasteiger partial charge in [0.1, 0.15) is 0 Å². The first kappa shape index (κ1) is 15.9. The molecule has 1 aromatic carbocycles. The molecule has 6 nitrogen and oxygen atoms in total. The molecule has 130 valence electrons. The number of aromatic nitrogens is 2. The highest BCUT2D eigenvalue weighted by atomic mass is 16.4. The molecule has 1 aliphatic carbocycles. The van der Waals surface area contributed by atoms with Crippen molar-refractivity contribution in [2.45, 2.75) is 32.1 Å². The molecule has 1 saturated heterocycles. The minimum atomic E-state index is -0.763. The molecule has 0 atom stereocenters. The van der Waals surface area contributed by atoms with Crippen LogP contribution in [0.1, 0.15) is 41.0 Å². The van der Waals surface area contributed by atoms with Gasteiger partial charge in [0.25, 0.3) is 5.91 Å². The number of hydrogen-bond donors (Lipinski definition) is 1. The zero-order chi connectivity index (χ0) is 17.4. The zero-order valence-electron chi connectivity index (χ0n) is 14.0. The third-order valence-electron chi connectivity index (χ3n) is 5.26. The smallest absolute Gasteiger partial charge is 0.306 e. The summed E-state index contributed by atoms with van der Waals surface area (Å²) >= 11 is 0. The summed E-state index contributed by atoms with van der Waals surface area (Å²) in [5, 5.41) is 13.8. The lowest BCUT2D eigenvalue weighted by Crippen LogP contribution is -2.40. The quantitative estimate of drug-likeness (QED) is 0.931. The van der Waals surface area contributed by atoms with Gasteiger partial charge < -0.3 is 10.0 Å². The van der Waals surface area contributed by atoms with E-state index < -0.39 is 5.97 Å². The average molecular weight is 339 g/mol. The van der Waals surface area contributed by atoms with E-state index in [1.54, 1.807) is 4.90 Å². The van der Waals surface area contributed by atoms with Gasteiger partial charge in [0.15, 0.2) is 5.69 Å². The average Bonchev–Trinajstić information content (AvgIpc) is 3.24. The highest BCUT2D eigenvalue weighted by Crippen LogP contribution is 2.29. The van der Waals surface area contributed by atoms with Crippen molar-refractivity contribution in [3.63, 3.8) is 0 Å². The summed E-state index contributed by atoms with van der Waals surface area (Å²) in [6, 6.07) is 9.90. The Bertz CT molecular complexity index is 805. The molecule has 0 unspecified atom stereocenters. The van der Waals surface area contributed by atoms with E-state index >= 15 is 0 Å². The molecular weight excluding hydrogens is 318 g/mol. The van der Waals surface area contributed by atoms with Gasteiger partial charge in [0.2, 0.25) is 0 Å². The molecule has 1 fully saturated rings. The highest BCUT2D eigenvalue weighted by molar-refractivity contribution is 5.94. The Morgan fingerprint density at radius 3 is 2.48 bits per heavy atom. The van der Waals surface area contributed by atoms with E-state index in [0.717, 1.165) is 36.2 Å². The van der Waals surface area contributed by atoms with Crippen LogP contribution < -0.4 is 0 Å². The molecular formula is C19H21N3O3. The van der Waals surface area contributed by atoms with Crippen LogP contribution in [0.15, 0.2) is 30.3 Å². The van der Waals surface area contributed by atoms with E-state index in [1.807, 2.05) is 35.0 Å². The number of carbonyl (C=O) groups excluding carboxylic acids is 1. The van der Waals surface area contributed by atoms with Gasteiger partial charge in [-0.2, -0.15) is 5.10 Å². The minimum absolute atomic E-state index is 0.0586. The van der Waals surface area contributed by atoms with Crippen molar-refractivity contribution in [2.24, 2.45) is 5.92 Å². The highest BCUT2D eigenvalue weighted by Gasteiger charge is 2.32. The monoisotopic (exact) mass is 339 g/mol. The van der Waals surface area contributed by atoms with Gasteiger partial charge in [0, 0.05) is 24.3 Å². The number of fused-ring (bicyclic) bond motifs is 1. The van der Waals surface area contributed by atoms with Gasteiger partial charge >= 0.3 is 5.97 Å². The van der Waals surface area contributed by atoms with Crippen LogP contribution in [0.3, 0.4) is 0 Å². The number of rotatable bonds is 3. The molecule has 2 heterocycles. The molecule has 0 radical (unpaired) electrons. The van der Waals surface area contributed by atoms with Crippen LogP contribution in [0.2, 0.25) is 0 Å². The summed E-state index contributed by atoms with van der Waals surface area (Å²) in [7, 11) is 0. The number of carbonyl (C=O) groups is 2. The largest absolute Gasteiger partial charge is 0.481 e. The molecule has 1 aromatic heterocycles. The van der Waals surface area contributed by atoms with Crippen molar-refractivity contribution in [2.75, 3.05) is 13.1 Å². The minimum Gasteiger partial charge on any atom is -0.481 e. The third kappa shape index (κ3) is 2.81. The number of hydrogen-bond acceptors (Lipinski definition) is 3. The van der Waals surface area contributed by atoms with Crippen molar-refractivity contribution < 1.29 is 14.7 Å². The molecule has 1 N–H and O–H groups in total. The number of carboxylic acids is 1. The maximum atomic E-state index is 13.0. The van der Waals surface area contributed by atoms with Crippen LogP contribution in [0.5, 0.6) is 0 Å². The number of aliphatic carboxylic acids is 1. The molecule has 0 bridgehead atoms. The van der Waals surface area contributed by atoms with Crippen LogP contribution >= 0.6 is 0 Å². The number of benzene rings is 1. The maximum Gasteiger partial charge on any atom is 0.306 e. The van der Waals surface area contributed by atoms with Crippen molar-refractivity contribution in [3.05, 3.63) is 47.3 Å². The van der Waals surface area contributed by atoms with Gasteiger partial charge in [0.05, 0.1) is 11.6 Å². The number of piperidine rings is 1. The molecule has 2 aromatic rings. The molecule has 1 aliphatic heterocycles. The standard InChI is InChI=1S/C19H21N3O3/c23-18(21-11-9-13(10-12-21)19(24)25)17-15-7-4-8-16(15)22(20-17)14-5-2-1-3-6-14/h1-3,5-6,13H,4,7-12H2,(H,24,25). The zero-order valence-corrected chi connectivity index (χ0v) is 14.0. The van der Waals surface area contributed by atoms with Gasteiger partial charge in [-0.3, -0.25) is 9.59 Å². The van der Waals surface area contributed by atoms with E-state index in [-0.39, 0.29) is 11.8 Å². The number of carboxylic acid groups (broad SMARTS) is 1. The molecule has 0 saturated carbocycles. The summed E-state index contributed by atoms with van der Waals surface area (Å²) in [5.74, 6) is -1.16. The first-order valence-electron chi connectivity index (χ1n) is 8.83. The molecule has 6 heteroatoms. The molecule has 2 aliphatic rings. The fraction of sp³-hybridized carbons (Fsp3) is 0.421. The first-order chi connectivity index (χ1) is 12.1. The van der Waals surface area contributed by atoms with E-state index in [0.29, 0.717) is 31.6 Å². The lowest BCUT2D eigenvalue weighted by molar-refractivity contribution is -0.143. The first-order valence-corrected chi connectivity index (χ1v) is 8.83. The summed E-state index contributed by atoms with van der Waals surface area (Å²) < 4.78 is 1.90. The van der Waals surface area contributed by atoms with Crippen LogP contribution in [0.25, 0.3) is 5.69 Å². The van der Waals surface area contributed by atoms with Crippen LogP contribution in [-0.2, 0) is 17.6 Å². The third-order valence-corrected chi connectivity index (χ3v) is 5.26. The van der Waals surface area contributed by atoms with Gasteiger partial charge in [-0.25, -0.2) is 4.68 Å². The van der Waals surface area contributed by atoms with E-state index in [2.05, 4.69) is 5.10 Å². The number of amides is 1. The Hall–Kier alpha value is -2.63. The van der Waals surface area contributed by atoms with Crippen molar-refractivity contribution in [1.82, 2.24) is 14.7 Å². The molecule has 4 rings (SSSR count). The summed E-state index contributed by atoms with van der Waals surface area (Å²) in [6.07, 6.45) is 3.90. The van der Waals surface area contributed by atoms with Crippen LogP contribution in [-0.4, -0.2) is 44.8 Å². The predicted molar refractivity (Wildman–Crippen MR) is 91.9 cm³/mol. The molecule has 25 heavy (non-hydrogen) atoms. The topological polar surface area (TPSA) is 75.4 Å². The van der Waals surface area contributed by atoms with Crippen molar-refractivity contribution in [3.8, 4) is 5.69 Å². The SMILES string of the molecule is O=C(O)C1CCN(C(=O)c2nn(-c3ccccc3)c3c2CCC3)CC1. The van der Waals surface area contributed by atoms with Crippen LogP contribution in [0, 0.1) is 5.92 Å². The molecule has 1 amide bonds. The van der Waals surface area contributed by atoms with Gasteiger partial charge in [-0.1, -0.05) is 18.2 Å². The summed E-state index contributed by atoms with van der Waals surface area (Å²) in [6.45, 7) is 0.978. The Labute approximate surface area is 146 Å². The van der Waals surface area contributed by atoms with Crippen molar-refractivity contribution >= 4 is 11.9 Å². The Balaban J connectivity index is 1.61. The second-order valence-electron chi connectivity index (χ2n) is 6.78. The van der Waals surface area contributed by atoms with Crippen LogP contribution in [0.4, 0.5) is 0 Å². The maximum absolute atomic E-state index is 13.0. The fourth-order valence-electron chi connectivity index (χ4n) is 3.87. The van der Waals surface area contributed by atoms with Crippen molar-refractivity contribution in [1.29, 1.82) is 0 Å². The normalized spacial score (nSPS) is 17.5. The number of nitrogens with zero attached hydrogens (tertiary/aromatic N) is 3. The Morgan fingerprint density at radius 1 is 1.08 bits per heavy atom. The van der Waals surface area contributed by atoms with E-state index in [1.165, 1.54) is 0 Å². The number of para-hydroxylation sites is 1. The summed E-state index contributed by atoms with van der Waals surface area (Å²) in [5.41, 5.74) is 3.72. The Kier molecular flexibility index (Phi) is 4.03. The van der Waals surface area contributed by atoms with Gasteiger partial charge in [-0.05, 0) is 44.2 Å². The second kappa shape index (κ2) is 6.35. The second-order valence-corrected chi connectivity index (χ2v) is 6.78. The lowest BCUT2D eigenvalue weighted by atomic mass is 9.97. The van der Waals surface area contributed by atoms with E-state index in [4.69, 9.17) is 5.11 Å². The summed E-state index contributed by atoms with van der Waals surface area (Å²) in [4.78, 5) is 25.8. The fourth-order valence-corrected chi connectivity index (χ4v) is 3.87. The molecule has 0 spiro atoms. The Morgan fingerprint density at radius 2 is 1.80 bits per heavy atom. The van der Waals surface area contributed by atoms with E-state index in [9.17, 15) is 9.59 Å². The number of likely N-dealkylation sites (tertiary alicyclic amines) is 1. The van der Waals surface area contributed by atoms with Gasteiger partial charge in [-0.15, -0.1) is 0 Å². The predicted octanol–water partition coefficient (Wildman–Crippen LogP) is 2.30. The lowest BCUT2D eigenvalue weighted by Gasteiger charge is -2.29.